The molecule has 0 radical (unpaired) electrons. The average Bonchev–Trinajstić information content (AvgIpc) is 2.66. The van der Waals surface area contributed by atoms with Crippen LogP contribution in [0.4, 0.5) is 0 Å². The number of allylic oxidation sites excluding steroid dienone is 1. The van der Waals surface area contributed by atoms with Crippen molar-refractivity contribution in [3.63, 3.8) is 0 Å². The van der Waals surface area contributed by atoms with E-state index in [1.54, 1.807) is 11.3 Å². The van der Waals surface area contributed by atoms with Crippen molar-refractivity contribution >= 4 is 22.9 Å². The average molecular weight is 221 g/mol. The molecular weight excluding hydrogens is 206 g/mol. The van der Waals surface area contributed by atoms with E-state index in [0.29, 0.717) is 11.8 Å². The highest BCUT2D eigenvalue weighted by molar-refractivity contribution is 7.12. The van der Waals surface area contributed by atoms with Gasteiger partial charge in [0, 0.05) is 17.5 Å². The van der Waals surface area contributed by atoms with Gasteiger partial charge in [-0.25, -0.2) is 9.98 Å². The minimum Gasteiger partial charge on any atom is -0.387 e. The van der Waals surface area contributed by atoms with Crippen LogP contribution in [0.1, 0.15) is 42.5 Å². The second kappa shape index (κ2) is 4.14. The first kappa shape index (κ1) is 10.4. The molecule has 2 heterocycles. The van der Waals surface area contributed by atoms with Crippen LogP contribution in [0.15, 0.2) is 17.3 Å². The summed E-state index contributed by atoms with van der Waals surface area (Å²) in [6.45, 7) is 4.34. The Kier molecular flexibility index (Phi) is 2.86. The van der Waals surface area contributed by atoms with E-state index >= 15 is 0 Å². The Morgan fingerprint density at radius 3 is 2.87 bits per heavy atom. The highest BCUT2D eigenvalue weighted by atomic mass is 32.1. The van der Waals surface area contributed by atoms with Crippen molar-refractivity contribution in [3.05, 3.63) is 22.2 Å². The Morgan fingerprint density at radius 2 is 2.27 bits per heavy atom. The zero-order valence-corrected chi connectivity index (χ0v) is 9.84. The van der Waals surface area contributed by atoms with Gasteiger partial charge >= 0.3 is 0 Å². The molecule has 0 saturated heterocycles. The van der Waals surface area contributed by atoms with E-state index in [2.05, 4.69) is 29.9 Å². The molecular formula is C11H15N3S. The molecule has 0 bridgehead atoms. The Bertz CT molecular complexity index is 415. The molecule has 0 aromatic carbocycles. The van der Waals surface area contributed by atoms with Gasteiger partial charge in [-0.3, -0.25) is 0 Å². The molecule has 2 N–H and O–H groups in total. The van der Waals surface area contributed by atoms with Crippen molar-refractivity contribution in [3.8, 4) is 0 Å². The van der Waals surface area contributed by atoms with Crippen LogP contribution in [0, 0.1) is 0 Å². The number of rotatable bonds is 2. The van der Waals surface area contributed by atoms with Gasteiger partial charge in [0.1, 0.15) is 10.8 Å². The summed E-state index contributed by atoms with van der Waals surface area (Å²) in [4.78, 5) is 10.0. The van der Waals surface area contributed by atoms with E-state index < -0.39 is 0 Å². The lowest BCUT2D eigenvalue weighted by Crippen LogP contribution is -2.13. The summed E-state index contributed by atoms with van der Waals surface area (Å²) in [5, 5.41) is 0.987. The SMILES string of the molecule is CC(C)c1cnc(C2=CCCC(N)=N2)s1. The van der Waals surface area contributed by atoms with E-state index in [1.165, 1.54) is 4.88 Å². The maximum absolute atomic E-state index is 5.72. The zero-order valence-electron chi connectivity index (χ0n) is 9.03. The molecule has 0 atom stereocenters. The largest absolute Gasteiger partial charge is 0.387 e. The lowest BCUT2D eigenvalue weighted by molar-refractivity contribution is 0.885. The van der Waals surface area contributed by atoms with Gasteiger partial charge in [0.2, 0.25) is 0 Å². The van der Waals surface area contributed by atoms with Gasteiger partial charge < -0.3 is 5.73 Å². The number of aliphatic imine (C=N–C) groups is 1. The molecule has 0 spiro atoms. The molecule has 1 aromatic heterocycles. The van der Waals surface area contributed by atoms with Crippen LogP contribution in [0.25, 0.3) is 5.70 Å². The first-order chi connectivity index (χ1) is 7.16. The van der Waals surface area contributed by atoms with Gasteiger partial charge in [-0.05, 0) is 12.3 Å². The Hall–Kier alpha value is -1.16. The van der Waals surface area contributed by atoms with Crippen molar-refractivity contribution < 1.29 is 0 Å². The summed E-state index contributed by atoms with van der Waals surface area (Å²) in [7, 11) is 0. The summed E-state index contributed by atoms with van der Waals surface area (Å²) in [6.07, 6.45) is 5.89. The zero-order chi connectivity index (χ0) is 10.8. The summed E-state index contributed by atoms with van der Waals surface area (Å²) >= 11 is 1.71. The fraction of sp³-hybridized carbons (Fsp3) is 0.455. The van der Waals surface area contributed by atoms with Gasteiger partial charge in [-0.15, -0.1) is 11.3 Å². The topological polar surface area (TPSA) is 51.3 Å². The van der Waals surface area contributed by atoms with Gasteiger partial charge in [-0.1, -0.05) is 19.9 Å². The minimum absolute atomic E-state index is 0.529. The maximum atomic E-state index is 5.72. The predicted molar refractivity (Wildman–Crippen MR) is 65.0 cm³/mol. The molecule has 3 nitrogen and oxygen atoms in total. The van der Waals surface area contributed by atoms with E-state index in [4.69, 9.17) is 5.73 Å². The van der Waals surface area contributed by atoms with Gasteiger partial charge in [0.15, 0.2) is 0 Å². The second-order valence-corrected chi connectivity index (χ2v) is 5.02. The third-order valence-electron chi connectivity index (χ3n) is 2.31. The third kappa shape index (κ3) is 2.26. The normalized spacial score (nSPS) is 16.5. The van der Waals surface area contributed by atoms with Crippen molar-refractivity contribution in [1.29, 1.82) is 0 Å². The molecule has 0 aliphatic carbocycles. The third-order valence-corrected chi connectivity index (χ3v) is 3.63. The molecule has 0 fully saturated rings. The van der Waals surface area contributed by atoms with Gasteiger partial charge in [-0.2, -0.15) is 0 Å². The highest BCUT2D eigenvalue weighted by Gasteiger charge is 2.11. The maximum Gasteiger partial charge on any atom is 0.141 e. The van der Waals surface area contributed by atoms with E-state index in [1.807, 2.05) is 6.20 Å². The summed E-state index contributed by atoms with van der Waals surface area (Å²) < 4.78 is 0. The smallest absolute Gasteiger partial charge is 0.141 e. The summed E-state index contributed by atoms with van der Waals surface area (Å²) in [5.74, 6) is 1.25. The van der Waals surface area contributed by atoms with Crippen LogP contribution >= 0.6 is 11.3 Å². The molecule has 2 rings (SSSR count). The number of nitrogens with two attached hydrogens (primary N) is 1. The van der Waals surface area contributed by atoms with Crippen LogP contribution in [-0.2, 0) is 0 Å². The molecule has 1 aliphatic heterocycles. The fourth-order valence-electron chi connectivity index (χ4n) is 1.42. The number of thiazole rings is 1. The molecule has 0 saturated carbocycles. The van der Waals surface area contributed by atoms with E-state index in [0.717, 1.165) is 23.5 Å². The van der Waals surface area contributed by atoms with Gasteiger partial charge in [0.05, 0.1) is 5.70 Å². The molecule has 0 amide bonds. The van der Waals surface area contributed by atoms with Crippen LogP contribution in [-0.4, -0.2) is 10.8 Å². The van der Waals surface area contributed by atoms with Crippen LogP contribution < -0.4 is 5.73 Å². The highest BCUT2D eigenvalue weighted by Crippen LogP contribution is 2.28. The number of nitrogens with zero attached hydrogens (tertiary/aromatic N) is 2. The first-order valence-corrected chi connectivity index (χ1v) is 5.97. The van der Waals surface area contributed by atoms with Crippen LogP contribution in [0.5, 0.6) is 0 Å². The lowest BCUT2D eigenvalue weighted by Gasteiger charge is -2.06. The van der Waals surface area contributed by atoms with Crippen LogP contribution in [0.2, 0.25) is 0 Å². The Balaban J connectivity index is 2.26. The number of aromatic nitrogens is 1. The second-order valence-electron chi connectivity index (χ2n) is 3.95. The fourth-order valence-corrected chi connectivity index (χ4v) is 2.32. The van der Waals surface area contributed by atoms with Gasteiger partial charge in [0.25, 0.3) is 0 Å². The van der Waals surface area contributed by atoms with Crippen molar-refractivity contribution in [2.24, 2.45) is 10.7 Å². The molecule has 15 heavy (non-hydrogen) atoms. The lowest BCUT2D eigenvalue weighted by atomic mass is 10.2. The molecule has 1 aliphatic rings. The summed E-state index contributed by atoms with van der Waals surface area (Å²) in [5.41, 5.74) is 6.66. The molecule has 1 aromatic rings. The van der Waals surface area contributed by atoms with Crippen molar-refractivity contribution in [1.82, 2.24) is 4.98 Å². The Morgan fingerprint density at radius 1 is 1.47 bits per heavy atom. The predicted octanol–water partition coefficient (Wildman–Crippen LogP) is 2.76. The standard InChI is InChI=1S/C11H15N3S/c1-7(2)9-6-13-11(15-9)8-4-3-5-10(12)14-8/h4,6-7H,3,5H2,1-2H3,(H2,12,14). The van der Waals surface area contributed by atoms with E-state index in [-0.39, 0.29) is 0 Å². The monoisotopic (exact) mass is 221 g/mol. The van der Waals surface area contributed by atoms with Crippen molar-refractivity contribution in [2.45, 2.75) is 32.6 Å². The number of hydrogen-bond donors (Lipinski definition) is 1. The Labute approximate surface area is 93.8 Å². The quantitative estimate of drug-likeness (QED) is 0.834. The van der Waals surface area contributed by atoms with Crippen molar-refractivity contribution in [2.75, 3.05) is 0 Å². The first-order valence-electron chi connectivity index (χ1n) is 5.16. The minimum atomic E-state index is 0.529. The van der Waals surface area contributed by atoms with E-state index in [9.17, 15) is 0 Å². The summed E-state index contributed by atoms with van der Waals surface area (Å²) in [6, 6.07) is 0. The molecule has 80 valence electrons. The van der Waals surface area contributed by atoms with Crippen LogP contribution in [0.3, 0.4) is 0 Å². The molecule has 0 unspecified atom stereocenters. The molecule has 4 heteroatoms. The number of amidine groups is 1. The number of hydrogen-bond acceptors (Lipinski definition) is 4.